The minimum atomic E-state index is 0.473. The molecule has 0 aliphatic carbocycles. The standard InChI is InChI=1S/C18H14N4O2S/c1-12-7-9-14(10-8-12)16-19-15(22-24-16)11-25-18-21-20-17(23-18)13-5-3-2-4-6-13/h2-10H,11H2,1H3. The van der Waals surface area contributed by atoms with Gasteiger partial charge in [0.15, 0.2) is 5.82 Å². The van der Waals surface area contributed by atoms with Crippen LogP contribution in [0.25, 0.3) is 22.9 Å². The Morgan fingerprint density at radius 2 is 1.64 bits per heavy atom. The summed E-state index contributed by atoms with van der Waals surface area (Å²) in [6, 6.07) is 17.6. The van der Waals surface area contributed by atoms with Crippen LogP contribution in [0.4, 0.5) is 0 Å². The van der Waals surface area contributed by atoms with Gasteiger partial charge < -0.3 is 8.94 Å². The zero-order chi connectivity index (χ0) is 17.1. The molecule has 6 nitrogen and oxygen atoms in total. The van der Waals surface area contributed by atoms with Crippen LogP contribution in [0.2, 0.25) is 0 Å². The van der Waals surface area contributed by atoms with E-state index in [1.54, 1.807) is 0 Å². The van der Waals surface area contributed by atoms with Crippen molar-refractivity contribution in [3.05, 3.63) is 66.0 Å². The van der Waals surface area contributed by atoms with Crippen molar-refractivity contribution in [1.29, 1.82) is 0 Å². The molecule has 4 aromatic rings. The van der Waals surface area contributed by atoms with E-state index in [2.05, 4.69) is 20.3 Å². The number of thioether (sulfide) groups is 1. The zero-order valence-electron chi connectivity index (χ0n) is 13.4. The van der Waals surface area contributed by atoms with Gasteiger partial charge in [-0.2, -0.15) is 4.98 Å². The molecule has 0 fully saturated rings. The predicted octanol–water partition coefficient (Wildman–Crippen LogP) is 4.39. The molecule has 2 aromatic carbocycles. The van der Waals surface area contributed by atoms with Crippen LogP contribution in [0, 0.1) is 6.92 Å². The van der Waals surface area contributed by atoms with Crippen molar-refractivity contribution in [2.24, 2.45) is 0 Å². The Bertz CT molecular complexity index is 964. The zero-order valence-corrected chi connectivity index (χ0v) is 14.2. The van der Waals surface area contributed by atoms with Gasteiger partial charge >= 0.3 is 0 Å². The van der Waals surface area contributed by atoms with Gasteiger partial charge in [-0.05, 0) is 31.2 Å². The Morgan fingerprint density at radius 3 is 2.44 bits per heavy atom. The third-order valence-electron chi connectivity index (χ3n) is 3.52. The first-order valence-electron chi connectivity index (χ1n) is 7.69. The molecule has 4 rings (SSSR count). The normalized spacial score (nSPS) is 10.9. The van der Waals surface area contributed by atoms with E-state index in [0.717, 1.165) is 11.1 Å². The molecule has 0 unspecified atom stereocenters. The fourth-order valence-corrected chi connectivity index (χ4v) is 2.82. The molecule has 0 amide bonds. The molecule has 0 aliphatic heterocycles. The Kier molecular flexibility index (Phi) is 4.30. The van der Waals surface area contributed by atoms with Gasteiger partial charge in [-0.1, -0.05) is 52.8 Å². The number of nitrogens with zero attached hydrogens (tertiary/aromatic N) is 4. The second-order valence-electron chi connectivity index (χ2n) is 5.41. The molecule has 0 atom stereocenters. The average Bonchev–Trinajstić information content (AvgIpc) is 3.31. The van der Waals surface area contributed by atoms with Gasteiger partial charge in [0, 0.05) is 11.1 Å². The summed E-state index contributed by atoms with van der Waals surface area (Å²) in [5.74, 6) is 2.08. The van der Waals surface area contributed by atoms with E-state index in [4.69, 9.17) is 8.94 Å². The van der Waals surface area contributed by atoms with E-state index in [0.29, 0.717) is 28.6 Å². The third-order valence-corrected chi connectivity index (χ3v) is 4.33. The van der Waals surface area contributed by atoms with Gasteiger partial charge in [0.1, 0.15) is 0 Å². The lowest BCUT2D eigenvalue weighted by atomic mass is 10.1. The third kappa shape index (κ3) is 3.61. The SMILES string of the molecule is Cc1ccc(-c2nc(CSc3nnc(-c4ccccc4)o3)no2)cc1. The summed E-state index contributed by atoms with van der Waals surface area (Å²) >= 11 is 1.37. The predicted molar refractivity (Wildman–Crippen MR) is 93.8 cm³/mol. The summed E-state index contributed by atoms with van der Waals surface area (Å²) < 4.78 is 11.0. The van der Waals surface area contributed by atoms with Crippen LogP contribution >= 0.6 is 11.8 Å². The van der Waals surface area contributed by atoms with Crippen molar-refractivity contribution in [3.8, 4) is 22.9 Å². The highest BCUT2D eigenvalue weighted by Crippen LogP contribution is 2.26. The lowest BCUT2D eigenvalue weighted by Crippen LogP contribution is -1.84. The highest BCUT2D eigenvalue weighted by atomic mass is 32.2. The van der Waals surface area contributed by atoms with Crippen LogP contribution in [-0.2, 0) is 5.75 Å². The minimum Gasteiger partial charge on any atom is -0.411 e. The van der Waals surface area contributed by atoms with Gasteiger partial charge in [0.05, 0.1) is 5.75 Å². The number of hydrogen-bond acceptors (Lipinski definition) is 7. The summed E-state index contributed by atoms with van der Waals surface area (Å²) in [4.78, 5) is 4.40. The Morgan fingerprint density at radius 1 is 0.880 bits per heavy atom. The second kappa shape index (κ2) is 6.90. The lowest BCUT2D eigenvalue weighted by Gasteiger charge is -1.94. The average molecular weight is 350 g/mol. The van der Waals surface area contributed by atoms with Gasteiger partial charge in [-0.25, -0.2) is 0 Å². The summed E-state index contributed by atoms with van der Waals surface area (Å²) in [5.41, 5.74) is 2.98. The molecule has 2 aromatic heterocycles. The van der Waals surface area contributed by atoms with E-state index >= 15 is 0 Å². The first-order valence-corrected chi connectivity index (χ1v) is 8.68. The Balaban J connectivity index is 1.42. The highest BCUT2D eigenvalue weighted by Gasteiger charge is 2.12. The summed E-state index contributed by atoms with van der Waals surface area (Å²) in [6.07, 6.45) is 0. The first-order chi connectivity index (χ1) is 12.3. The van der Waals surface area contributed by atoms with Gasteiger partial charge in [-0.3, -0.25) is 0 Å². The number of benzene rings is 2. The van der Waals surface area contributed by atoms with E-state index in [1.807, 2.05) is 61.5 Å². The molecule has 0 N–H and O–H groups in total. The van der Waals surface area contributed by atoms with Gasteiger partial charge in [0.25, 0.3) is 11.1 Å². The van der Waals surface area contributed by atoms with Crippen molar-refractivity contribution in [2.45, 2.75) is 17.9 Å². The fourth-order valence-electron chi connectivity index (χ4n) is 2.22. The molecule has 7 heteroatoms. The summed E-state index contributed by atoms with van der Waals surface area (Å²) in [5, 5.41) is 12.6. The van der Waals surface area contributed by atoms with Gasteiger partial charge in [-0.15, -0.1) is 10.2 Å². The molecule has 0 radical (unpaired) electrons. The number of rotatable bonds is 5. The van der Waals surface area contributed by atoms with Crippen LogP contribution in [-0.4, -0.2) is 20.3 Å². The van der Waals surface area contributed by atoms with E-state index in [9.17, 15) is 0 Å². The topological polar surface area (TPSA) is 77.8 Å². The van der Waals surface area contributed by atoms with E-state index < -0.39 is 0 Å². The van der Waals surface area contributed by atoms with Crippen molar-refractivity contribution in [2.75, 3.05) is 0 Å². The molecular weight excluding hydrogens is 336 g/mol. The first kappa shape index (κ1) is 15.6. The summed E-state index contributed by atoms with van der Waals surface area (Å²) in [6.45, 7) is 2.04. The van der Waals surface area contributed by atoms with Crippen LogP contribution in [0.1, 0.15) is 11.4 Å². The molecule has 0 bridgehead atoms. The van der Waals surface area contributed by atoms with Crippen LogP contribution in [0.3, 0.4) is 0 Å². The van der Waals surface area contributed by atoms with Crippen molar-refractivity contribution in [1.82, 2.24) is 20.3 Å². The lowest BCUT2D eigenvalue weighted by molar-refractivity contribution is 0.425. The molecule has 0 saturated heterocycles. The maximum atomic E-state index is 5.65. The minimum absolute atomic E-state index is 0.473. The van der Waals surface area contributed by atoms with E-state index in [1.165, 1.54) is 17.3 Å². The largest absolute Gasteiger partial charge is 0.411 e. The molecule has 0 saturated carbocycles. The van der Waals surface area contributed by atoms with Crippen LogP contribution in [0.5, 0.6) is 0 Å². The molecule has 0 spiro atoms. The maximum Gasteiger partial charge on any atom is 0.277 e. The van der Waals surface area contributed by atoms with Crippen molar-refractivity contribution in [3.63, 3.8) is 0 Å². The van der Waals surface area contributed by atoms with Crippen LogP contribution in [0.15, 0.2) is 68.8 Å². The molecular formula is C18H14N4O2S. The monoisotopic (exact) mass is 350 g/mol. The van der Waals surface area contributed by atoms with Gasteiger partial charge in [0.2, 0.25) is 5.89 Å². The van der Waals surface area contributed by atoms with Crippen molar-refractivity contribution < 1.29 is 8.94 Å². The summed E-state index contributed by atoms with van der Waals surface area (Å²) in [7, 11) is 0. The molecule has 124 valence electrons. The number of aryl methyl sites for hydroxylation is 1. The number of hydrogen-bond donors (Lipinski definition) is 0. The fraction of sp³-hybridized carbons (Fsp3) is 0.111. The highest BCUT2D eigenvalue weighted by molar-refractivity contribution is 7.98. The number of aromatic nitrogens is 4. The molecule has 0 aliphatic rings. The maximum absolute atomic E-state index is 5.65. The quantitative estimate of drug-likeness (QED) is 0.494. The van der Waals surface area contributed by atoms with Crippen molar-refractivity contribution >= 4 is 11.8 Å². The molecule has 25 heavy (non-hydrogen) atoms. The molecule has 2 heterocycles. The smallest absolute Gasteiger partial charge is 0.277 e. The Labute approximate surface area is 148 Å². The second-order valence-corrected chi connectivity index (χ2v) is 6.34. The van der Waals surface area contributed by atoms with E-state index in [-0.39, 0.29) is 0 Å². The van der Waals surface area contributed by atoms with Crippen LogP contribution < -0.4 is 0 Å². The Hall–Kier alpha value is -2.93.